The highest BCUT2D eigenvalue weighted by atomic mass is 79.9. The molecule has 0 aliphatic rings. The molecule has 0 aliphatic heterocycles. The topological polar surface area (TPSA) is 38.9 Å². The summed E-state index contributed by atoms with van der Waals surface area (Å²) in [7, 11) is 0. The molecular weight excluding hydrogens is 304 g/mol. The van der Waals surface area contributed by atoms with Gasteiger partial charge in [-0.05, 0) is 29.5 Å². The Labute approximate surface area is 122 Å². The Bertz CT molecular complexity index is 540. The quantitative estimate of drug-likeness (QED) is 0.756. The number of aromatic nitrogens is 2. The molecule has 2 rings (SSSR count). The third-order valence-electron chi connectivity index (χ3n) is 3.06. The highest BCUT2D eigenvalue weighted by molar-refractivity contribution is 9.09. The Morgan fingerprint density at radius 1 is 1.16 bits per heavy atom. The van der Waals surface area contributed by atoms with Crippen LogP contribution in [0.15, 0.2) is 28.7 Å². The Morgan fingerprint density at radius 2 is 1.79 bits per heavy atom. The molecule has 1 aromatic heterocycles. The molecule has 0 radical (unpaired) electrons. The van der Waals surface area contributed by atoms with E-state index in [0.29, 0.717) is 11.8 Å². The lowest BCUT2D eigenvalue weighted by atomic mass is 9.87. The summed E-state index contributed by atoms with van der Waals surface area (Å²) >= 11 is 3.51. The van der Waals surface area contributed by atoms with Gasteiger partial charge in [-0.2, -0.15) is 0 Å². The molecule has 1 atom stereocenters. The molecule has 102 valence electrons. The van der Waals surface area contributed by atoms with Crippen LogP contribution in [0.3, 0.4) is 0 Å². The maximum Gasteiger partial charge on any atom is 0.247 e. The zero-order valence-electron chi connectivity index (χ0n) is 11.8. The minimum absolute atomic E-state index is 0.127. The fourth-order valence-corrected chi connectivity index (χ4v) is 1.95. The maximum atomic E-state index is 5.68. The SMILES string of the molecule is CCC(Br)c1nnc(-c2ccc(C(C)(C)C)cc2)o1. The third kappa shape index (κ3) is 3.24. The van der Waals surface area contributed by atoms with Crippen molar-refractivity contribution in [2.75, 3.05) is 0 Å². The second-order valence-corrected chi connectivity index (χ2v) is 6.75. The van der Waals surface area contributed by atoms with E-state index in [4.69, 9.17) is 4.42 Å². The van der Waals surface area contributed by atoms with Crippen LogP contribution in [0.1, 0.15) is 50.4 Å². The molecule has 0 saturated heterocycles. The maximum absolute atomic E-state index is 5.68. The van der Waals surface area contributed by atoms with E-state index in [9.17, 15) is 0 Å². The summed E-state index contributed by atoms with van der Waals surface area (Å²) in [6.45, 7) is 8.66. The molecule has 1 aromatic carbocycles. The molecule has 2 aromatic rings. The Morgan fingerprint density at radius 3 is 2.32 bits per heavy atom. The fraction of sp³-hybridized carbons (Fsp3) is 0.467. The number of benzene rings is 1. The molecule has 4 heteroatoms. The van der Waals surface area contributed by atoms with Crippen molar-refractivity contribution in [1.82, 2.24) is 10.2 Å². The van der Waals surface area contributed by atoms with E-state index in [1.54, 1.807) is 0 Å². The van der Waals surface area contributed by atoms with Gasteiger partial charge < -0.3 is 4.42 Å². The predicted molar refractivity (Wildman–Crippen MR) is 80.4 cm³/mol. The van der Waals surface area contributed by atoms with Crippen molar-refractivity contribution >= 4 is 15.9 Å². The van der Waals surface area contributed by atoms with Crippen LogP contribution in [0.4, 0.5) is 0 Å². The van der Waals surface area contributed by atoms with Crippen LogP contribution in [-0.4, -0.2) is 10.2 Å². The van der Waals surface area contributed by atoms with Crippen molar-refractivity contribution in [3.63, 3.8) is 0 Å². The van der Waals surface area contributed by atoms with E-state index in [-0.39, 0.29) is 10.2 Å². The highest BCUT2D eigenvalue weighted by Crippen LogP contribution is 2.29. The molecule has 19 heavy (non-hydrogen) atoms. The number of hydrogen-bond acceptors (Lipinski definition) is 3. The van der Waals surface area contributed by atoms with Crippen molar-refractivity contribution in [2.45, 2.75) is 44.4 Å². The minimum atomic E-state index is 0.127. The van der Waals surface area contributed by atoms with E-state index in [2.05, 4.69) is 66.0 Å². The largest absolute Gasteiger partial charge is 0.419 e. The first-order valence-electron chi connectivity index (χ1n) is 6.50. The second kappa shape index (κ2) is 5.45. The lowest BCUT2D eigenvalue weighted by molar-refractivity contribution is 0.500. The molecule has 0 N–H and O–H groups in total. The van der Waals surface area contributed by atoms with Gasteiger partial charge in [0.25, 0.3) is 0 Å². The molecule has 0 bridgehead atoms. The van der Waals surface area contributed by atoms with Gasteiger partial charge in [-0.1, -0.05) is 55.8 Å². The van der Waals surface area contributed by atoms with Crippen LogP contribution in [0.5, 0.6) is 0 Å². The molecule has 1 unspecified atom stereocenters. The summed E-state index contributed by atoms with van der Waals surface area (Å²) in [4.78, 5) is 0.127. The van der Waals surface area contributed by atoms with Crippen molar-refractivity contribution in [2.24, 2.45) is 0 Å². The van der Waals surface area contributed by atoms with Gasteiger partial charge in [0.1, 0.15) is 0 Å². The van der Waals surface area contributed by atoms with Crippen LogP contribution in [-0.2, 0) is 5.41 Å². The van der Waals surface area contributed by atoms with E-state index < -0.39 is 0 Å². The molecule has 0 fully saturated rings. The van der Waals surface area contributed by atoms with E-state index in [1.165, 1.54) is 5.56 Å². The van der Waals surface area contributed by atoms with Crippen LogP contribution >= 0.6 is 15.9 Å². The average molecular weight is 323 g/mol. The van der Waals surface area contributed by atoms with Crippen molar-refractivity contribution in [1.29, 1.82) is 0 Å². The van der Waals surface area contributed by atoms with Gasteiger partial charge in [0.15, 0.2) is 0 Å². The summed E-state index contributed by atoms with van der Waals surface area (Å²) in [5.74, 6) is 1.21. The van der Waals surface area contributed by atoms with Crippen molar-refractivity contribution in [3.8, 4) is 11.5 Å². The normalized spacial score (nSPS) is 13.5. The summed E-state index contributed by atoms with van der Waals surface area (Å²) in [5, 5.41) is 8.17. The van der Waals surface area contributed by atoms with E-state index in [0.717, 1.165) is 12.0 Å². The van der Waals surface area contributed by atoms with Gasteiger partial charge in [-0.15, -0.1) is 10.2 Å². The molecule has 0 aliphatic carbocycles. The Hall–Kier alpha value is -1.16. The molecule has 1 heterocycles. The number of alkyl halides is 1. The summed E-state index contributed by atoms with van der Waals surface area (Å²) < 4.78 is 5.68. The standard InChI is InChI=1S/C15H19BrN2O/c1-5-12(16)14-18-17-13(19-14)10-6-8-11(9-7-10)15(2,3)4/h6-9,12H,5H2,1-4H3. The van der Waals surface area contributed by atoms with Gasteiger partial charge >= 0.3 is 0 Å². The van der Waals surface area contributed by atoms with E-state index in [1.807, 2.05) is 12.1 Å². The van der Waals surface area contributed by atoms with Crippen molar-refractivity contribution in [3.05, 3.63) is 35.7 Å². The van der Waals surface area contributed by atoms with Crippen LogP contribution < -0.4 is 0 Å². The van der Waals surface area contributed by atoms with Gasteiger partial charge in [-0.25, -0.2) is 0 Å². The summed E-state index contributed by atoms with van der Waals surface area (Å²) in [5.41, 5.74) is 2.41. The molecule has 0 amide bonds. The molecule has 3 nitrogen and oxygen atoms in total. The molecule has 0 spiro atoms. The zero-order chi connectivity index (χ0) is 14.0. The van der Waals surface area contributed by atoms with Crippen LogP contribution in [0.25, 0.3) is 11.5 Å². The summed E-state index contributed by atoms with van der Waals surface area (Å²) in [6.07, 6.45) is 0.921. The van der Waals surface area contributed by atoms with Crippen LogP contribution in [0.2, 0.25) is 0 Å². The smallest absolute Gasteiger partial charge is 0.247 e. The lowest BCUT2D eigenvalue weighted by Crippen LogP contribution is -2.10. The third-order valence-corrected chi connectivity index (χ3v) is 4.10. The molecule has 0 saturated carbocycles. The number of halogens is 1. The first-order valence-corrected chi connectivity index (χ1v) is 7.41. The highest BCUT2D eigenvalue weighted by Gasteiger charge is 2.16. The fourth-order valence-electron chi connectivity index (χ4n) is 1.77. The average Bonchev–Trinajstić information content (AvgIpc) is 2.86. The first-order chi connectivity index (χ1) is 8.91. The van der Waals surface area contributed by atoms with Gasteiger partial charge in [0.2, 0.25) is 11.8 Å². The van der Waals surface area contributed by atoms with E-state index >= 15 is 0 Å². The second-order valence-electron chi connectivity index (χ2n) is 5.65. The Balaban J connectivity index is 2.25. The van der Waals surface area contributed by atoms with Gasteiger partial charge in [0.05, 0.1) is 4.83 Å². The van der Waals surface area contributed by atoms with Gasteiger partial charge in [0, 0.05) is 5.56 Å². The molecular formula is C15H19BrN2O. The number of nitrogens with zero attached hydrogens (tertiary/aromatic N) is 2. The predicted octanol–water partition coefficient (Wildman–Crippen LogP) is 4.88. The minimum Gasteiger partial charge on any atom is -0.419 e. The Kier molecular flexibility index (Phi) is 4.09. The number of rotatable bonds is 3. The summed E-state index contributed by atoms with van der Waals surface area (Å²) in [6, 6.07) is 8.30. The van der Waals surface area contributed by atoms with Gasteiger partial charge in [-0.3, -0.25) is 0 Å². The lowest BCUT2D eigenvalue weighted by Gasteiger charge is -2.18. The van der Waals surface area contributed by atoms with Crippen molar-refractivity contribution < 1.29 is 4.42 Å². The van der Waals surface area contributed by atoms with Crippen LogP contribution in [0, 0.1) is 0 Å². The number of hydrogen-bond donors (Lipinski definition) is 0. The zero-order valence-corrected chi connectivity index (χ0v) is 13.4. The first kappa shape index (κ1) is 14.3. The monoisotopic (exact) mass is 322 g/mol.